The summed E-state index contributed by atoms with van der Waals surface area (Å²) in [5, 5.41) is 10.8. The monoisotopic (exact) mass is 143 g/mol. The molecule has 7 heavy (non-hydrogen) atoms. The van der Waals surface area contributed by atoms with Crippen LogP contribution < -0.4 is 5.32 Å². The molecule has 1 unspecified atom stereocenters. The van der Waals surface area contributed by atoms with Crippen molar-refractivity contribution in [2.45, 2.75) is 18.1 Å². The highest BCUT2D eigenvalue weighted by atomic mass is 35.5. The molecular formula is C3H7Cl2NO. The van der Waals surface area contributed by atoms with Crippen LogP contribution in [0.2, 0.25) is 0 Å². The topological polar surface area (TPSA) is 32.3 Å². The zero-order valence-electron chi connectivity index (χ0n) is 3.86. The van der Waals surface area contributed by atoms with Crippen LogP contribution in [0.15, 0.2) is 0 Å². The highest BCUT2D eigenvalue weighted by Crippen LogP contribution is 1.95. The van der Waals surface area contributed by atoms with E-state index < -0.39 is 11.2 Å². The fraction of sp³-hybridized carbons (Fsp3) is 1.00. The number of rotatable bonds is 2. The normalized spacial score (nSPS) is 15.0. The van der Waals surface area contributed by atoms with Crippen molar-refractivity contribution in [1.82, 2.24) is 5.32 Å². The molecule has 0 aliphatic carbocycles. The van der Waals surface area contributed by atoms with Crippen molar-refractivity contribution in [1.29, 1.82) is 0 Å². The summed E-state index contributed by atoms with van der Waals surface area (Å²) in [4.78, 5) is -0.681. The van der Waals surface area contributed by atoms with E-state index in [1.54, 1.807) is 0 Å². The van der Waals surface area contributed by atoms with Crippen LogP contribution in [0.4, 0.5) is 0 Å². The minimum absolute atomic E-state index is 0.639. The van der Waals surface area contributed by atoms with Crippen molar-refractivity contribution in [3.63, 3.8) is 0 Å². The lowest BCUT2D eigenvalue weighted by molar-refractivity contribution is 0.160. The van der Waals surface area contributed by atoms with Crippen LogP contribution in [0.5, 0.6) is 0 Å². The Labute approximate surface area is 52.4 Å². The molecule has 2 N–H and O–H groups in total. The molecule has 0 amide bonds. The summed E-state index contributed by atoms with van der Waals surface area (Å²) in [5.41, 5.74) is 0. The van der Waals surface area contributed by atoms with Crippen molar-refractivity contribution >= 4 is 23.2 Å². The highest BCUT2D eigenvalue weighted by Gasteiger charge is 1.98. The first-order valence-corrected chi connectivity index (χ1v) is 2.72. The lowest BCUT2D eigenvalue weighted by Crippen LogP contribution is -2.28. The van der Waals surface area contributed by atoms with Crippen LogP contribution in [0.1, 0.15) is 6.92 Å². The first-order chi connectivity index (χ1) is 3.13. The van der Waals surface area contributed by atoms with Crippen LogP contribution in [-0.2, 0) is 0 Å². The minimum Gasteiger partial charge on any atom is -0.379 e. The van der Waals surface area contributed by atoms with Gasteiger partial charge in [-0.2, -0.15) is 0 Å². The molecular weight excluding hydrogens is 137 g/mol. The fourth-order valence-corrected chi connectivity index (χ4v) is 0.547. The molecule has 44 valence electrons. The van der Waals surface area contributed by atoms with Gasteiger partial charge in [-0.05, 0) is 6.92 Å². The Morgan fingerprint density at radius 2 is 2.00 bits per heavy atom. The van der Waals surface area contributed by atoms with Crippen molar-refractivity contribution in [2.24, 2.45) is 0 Å². The second-order valence-electron chi connectivity index (χ2n) is 1.14. The number of halogens is 2. The Bertz CT molecular complexity index is 42.2. The molecule has 0 radical (unpaired) electrons. The summed E-state index contributed by atoms with van der Waals surface area (Å²) < 4.78 is 0. The van der Waals surface area contributed by atoms with E-state index in [0.29, 0.717) is 0 Å². The second-order valence-corrected chi connectivity index (χ2v) is 2.24. The van der Waals surface area contributed by atoms with Gasteiger partial charge in [-0.15, -0.1) is 0 Å². The average Bonchev–Trinajstić information content (AvgIpc) is 1.27. The summed E-state index contributed by atoms with van der Waals surface area (Å²) in [5.74, 6) is 0. The number of hydrogen-bond acceptors (Lipinski definition) is 2. The Hall–Kier alpha value is 0.500. The van der Waals surface area contributed by atoms with Gasteiger partial charge in [0.2, 0.25) is 0 Å². The molecule has 0 fully saturated rings. The van der Waals surface area contributed by atoms with E-state index in [1.165, 1.54) is 6.92 Å². The van der Waals surface area contributed by atoms with Gasteiger partial charge in [-0.25, -0.2) is 0 Å². The molecule has 0 spiro atoms. The first kappa shape index (κ1) is 7.50. The molecule has 2 nitrogen and oxygen atoms in total. The van der Waals surface area contributed by atoms with Gasteiger partial charge in [-0.1, -0.05) is 23.2 Å². The average molecular weight is 144 g/mol. The Kier molecular flexibility index (Phi) is 3.75. The van der Waals surface area contributed by atoms with Crippen LogP contribution in [-0.4, -0.2) is 16.3 Å². The maximum atomic E-state index is 8.44. The van der Waals surface area contributed by atoms with E-state index in [9.17, 15) is 0 Å². The highest BCUT2D eigenvalue weighted by molar-refractivity contribution is 6.43. The largest absolute Gasteiger partial charge is 0.379 e. The van der Waals surface area contributed by atoms with E-state index in [4.69, 9.17) is 28.3 Å². The van der Waals surface area contributed by atoms with Gasteiger partial charge >= 0.3 is 0 Å². The molecule has 0 aromatic rings. The molecule has 4 heteroatoms. The zero-order chi connectivity index (χ0) is 5.86. The maximum absolute atomic E-state index is 8.44. The third kappa shape index (κ3) is 6.50. The summed E-state index contributed by atoms with van der Waals surface area (Å²) in [6, 6.07) is 0. The summed E-state index contributed by atoms with van der Waals surface area (Å²) >= 11 is 10.3. The van der Waals surface area contributed by atoms with Crippen LogP contribution in [0.3, 0.4) is 0 Å². The molecule has 0 saturated carbocycles. The molecule has 0 aliphatic rings. The van der Waals surface area contributed by atoms with E-state index in [2.05, 4.69) is 5.32 Å². The first-order valence-electron chi connectivity index (χ1n) is 1.85. The maximum Gasteiger partial charge on any atom is 0.160 e. The lowest BCUT2D eigenvalue weighted by Gasteiger charge is -2.05. The van der Waals surface area contributed by atoms with E-state index >= 15 is 0 Å². The van der Waals surface area contributed by atoms with Gasteiger partial charge < -0.3 is 5.11 Å². The Morgan fingerprint density at radius 3 is 2.00 bits per heavy atom. The molecule has 0 heterocycles. The third-order valence-corrected chi connectivity index (χ3v) is 0.619. The van der Waals surface area contributed by atoms with Crippen molar-refractivity contribution < 1.29 is 5.11 Å². The lowest BCUT2D eigenvalue weighted by atomic mass is 10.7. The molecule has 0 rings (SSSR count). The van der Waals surface area contributed by atoms with Gasteiger partial charge in [0.15, 0.2) is 4.96 Å². The molecule has 0 aromatic heterocycles. The molecule has 0 aliphatic heterocycles. The van der Waals surface area contributed by atoms with Crippen molar-refractivity contribution in [2.75, 3.05) is 0 Å². The van der Waals surface area contributed by atoms with E-state index in [1.807, 2.05) is 0 Å². The number of hydrogen-bond donors (Lipinski definition) is 2. The molecule has 0 aromatic carbocycles. The molecule has 0 bridgehead atoms. The second kappa shape index (κ2) is 3.50. The van der Waals surface area contributed by atoms with Crippen LogP contribution >= 0.6 is 23.2 Å². The van der Waals surface area contributed by atoms with Gasteiger partial charge in [0, 0.05) is 0 Å². The molecule has 1 atom stereocenters. The summed E-state index contributed by atoms with van der Waals surface area (Å²) in [6.07, 6.45) is -0.639. The standard InChI is InChI=1S/C3H7Cl2NO/c1-2(7)6-3(4)5/h2-3,6-7H,1H3. The SMILES string of the molecule is CC(O)NC(Cl)Cl. The smallest absolute Gasteiger partial charge is 0.160 e. The Morgan fingerprint density at radius 1 is 1.57 bits per heavy atom. The van der Waals surface area contributed by atoms with Crippen molar-refractivity contribution in [3.05, 3.63) is 0 Å². The minimum atomic E-state index is -0.681. The van der Waals surface area contributed by atoms with E-state index in [0.717, 1.165) is 0 Å². The number of alkyl halides is 2. The van der Waals surface area contributed by atoms with Crippen molar-refractivity contribution in [3.8, 4) is 0 Å². The quantitative estimate of drug-likeness (QED) is 0.339. The molecule has 0 saturated heterocycles. The Balaban J connectivity index is 2.95. The van der Waals surface area contributed by atoms with Crippen LogP contribution in [0.25, 0.3) is 0 Å². The third-order valence-electron chi connectivity index (χ3n) is 0.367. The van der Waals surface area contributed by atoms with Gasteiger partial charge in [0.1, 0.15) is 6.23 Å². The van der Waals surface area contributed by atoms with Gasteiger partial charge in [-0.3, -0.25) is 5.32 Å². The summed E-state index contributed by atoms with van der Waals surface area (Å²) in [7, 11) is 0. The number of nitrogens with one attached hydrogen (secondary N) is 1. The zero-order valence-corrected chi connectivity index (χ0v) is 5.37. The van der Waals surface area contributed by atoms with Gasteiger partial charge in [0.05, 0.1) is 0 Å². The fourth-order valence-electron chi connectivity index (χ4n) is 0.182. The summed E-state index contributed by atoms with van der Waals surface area (Å²) in [6.45, 7) is 1.54. The number of aliphatic hydroxyl groups is 1. The van der Waals surface area contributed by atoms with Crippen LogP contribution in [0, 0.1) is 0 Å². The van der Waals surface area contributed by atoms with Gasteiger partial charge in [0.25, 0.3) is 0 Å². The number of aliphatic hydroxyl groups excluding tert-OH is 1. The predicted molar refractivity (Wildman–Crippen MR) is 30.3 cm³/mol. The predicted octanol–water partition coefficient (Wildman–Crippen LogP) is 0.675. The van der Waals surface area contributed by atoms with E-state index in [-0.39, 0.29) is 0 Å².